The fourth-order valence-corrected chi connectivity index (χ4v) is 3.68. The molecule has 10 heteroatoms. The topological polar surface area (TPSA) is 108 Å². The van der Waals surface area contributed by atoms with E-state index in [4.69, 9.17) is 9.52 Å². The zero-order valence-electron chi connectivity index (χ0n) is 11.3. The minimum atomic E-state index is -3.77. The first-order chi connectivity index (χ1) is 9.75. The first-order valence-corrected chi connectivity index (χ1v) is 8.48. The van der Waals surface area contributed by atoms with Crippen LogP contribution in [0.4, 0.5) is 0 Å². The Balaban J connectivity index is 2.26. The van der Waals surface area contributed by atoms with E-state index in [0.717, 1.165) is 9.21 Å². The van der Waals surface area contributed by atoms with Crippen molar-refractivity contribution in [1.82, 2.24) is 9.21 Å². The van der Waals surface area contributed by atoms with Crippen molar-refractivity contribution in [2.45, 2.75) is 11.1 Å². The number of carboxylic acid groups (broad SMARTS) is 1. The monoisotopic (exact) mass is 334 g/mol. The third-order valence-electron chi connectivity index (χ3n) is 2.96. The molecule has 1 fully saturated rings. The highest BCUT2D eigenvalue weighted by atomic mass is 32.2. The Morgan fingerprint density at radius 3 is 2.67 bits per heavy atom. The second-order valence-corrected chi connectivity index (χ2v) is 7.62. The molecule has 0 aromatic carbocycles. The number of rotatable bonds is 4. The van der Waals surface area contributed by atoms with Gasteiger partial charge in [-0.2, -0.15) is 0 Å². The van der Waals surface area contributed by atoms with Crippen LogP contribution in [0.15, 0.2) is 21.6 Å². The molecule has 0 saturated carbocycles. The summed E-state index contributed by atoms with van der Waals surface area (Å²) < 4.78 is 29.8. The van der Waals surface area contributed by atoms with Crippen LogP contribution < -0.4 is 0 Å². The summed E-state index contributed by atoms with van der Waals surface area (Å²) in [4.78, 5) is 24.4. The first-order valence-electron chi connectivity index (χ1n) is 5.89. The molecule has 1 aliphatic heterocycles. The number of sulfonamides is 1. The number of hydrogen-bond donors (Lipinski definition) is 1. The molecule has 0 bridgehead atoms. The molecule has 2 heterocycles. The van der Waals surface area contributed by atoms with E-state index in [1.807, 2.05) is 0 Å². The van der Waals surface area contributed by atoms with Gasteiger partial charge in [-0.1, -0.05) is 0 Å². The number of amides is 1. The van der Waals surface area contributed by atoms with Crippen LogP contribution in [0.3, 0.4) is 0 Å². The van der Waals surface area contributed by atoms with Crippen LogP contribution in [0.25, 0.3) is 0 Å². The van der Waals surface area contributed by atoms with Gasteiger partial charge in [-0.25, -0.2) is 17.5 Å². The van der Waals surface area contributed by atoms with E-state index in [1.54, 1.807) is 0 Å². The zero-order chi connectivity index (χ0) is 15.8. The van der Waals surface area contributed by atoms with Crippen molar-refractivity contribution in [3.05, 3.63) is 17.9 Å². The van der Waals surface area contributed by atoms with Crippen molar-refractivity contribution >= 4 is 33.7 Å². The third-order valence-corrected chi connectivity index (χ3v) is 5.66. The molecule has 1 aromatic rings. The Morgan fingerprint density at radius 1 is 1.43 bits per heavy atom. The summed E-state index contributed by atoms with van der Waals surface area (Å²) in [5, 5.41) is 8.69. The lowest BCUT2D eigenvalue weighted by Gasteiger charge is -2.18. The third kappa shape index (κ3) is 2.92. The van der Waals surface area contributed by atoms with Gasteiger partial charge in [-0.05, 0) is 12.1 Å². The SMILES string of the molecule is CN(C)S(=O)(=O)c1ccc(C(=O)N2CSCC2C(=O)O)o1. The van der Waals surface area contributed by atoms with Gasteiger partial charge in [0, 0.05) is 19.8 Å². The number of aliphatic carboxylic acids is 1. The van der Waals surface area contributed by atoms with Crippen LogP contribution in [-0.2, 0) is 14.8 Å². The molecule has 1 aliphatic rings. The molecule has 116 valence electrons. The standard InChI is InChI=1S/C11H14N2O6S2/c1-12(2)21(17,18)9-4-3-8(19-9)10(14)13-6-20-5-7(13)11(15)16/h3-4,7H,5-6H2,1-2H3,(H,15,16). The molecular weight excluding hydrogens is 320 g/mol. The van der Waals surface area contributed by atoms with E-state index in [-0.39, 0.29) is 16.7 Å². The van der Waals surface area contributed by atoms with Crippen molar-refractivity contribution in [3.8, 4) is 0 Å². The smallest absolute Gasteiger partial charge is 0.327 e. The van der Waals surface area contributed by atoms with Gasteiger partial charge in [0.25, 0.3) is 15.9 Å². The Labute approximate surface area is 125 Å². The van der Waals surface area contributed by atoms with E-state index in [0.29, 0.717) is 5.75 Å². The average Bonchev–Trinajstić information content (AvgIpc) is 3.07. The summed E-state index contributed by atoms with van der Waals surface area (Å²) in [6.07, 6.45) is 0. The Hall–Kier alpha value is -1.52. The van der Waals surface area contributed by atoms with Gasteiger partial charge in [-0.3, -0.25) is 4.79 Å². The van der Waals surface area contributed by atoms with Gasteiger partial charge in [-0.15, -0.1) is 11.8 Å². The number of thioether (sulfide) groups is 1. The number of furan rings is 1. The summed E-state index contributed by atoms with van der Waals surface area (Å²) in [6, 6.07) is 1.49. The predicted molar refractivity (Wildman–Crippen MR) is 74.5 cm³/mol. The molecular formula is C11H14N2O6S2. The summed E-state index contributed by atoms with van der Waals surface area (Å²) in [5.74, 6) is -1.39. The fraction of sp³-hybridized carbons (Fsp3) is 0.455. The molecule has 1 amide bonds. The van der Waals surface area contributed by atoms with Gasteiger partial charge >= 0.3 is 5.97 Å². The van der Waals surface area contributed by atoms with Crippen LogP contribution in [-0.4, -0.2) is 66.4 Å². The van der Waals surface area contributed by atoms with Gasteiger partial charge in [0.15, 0.2) is 5.76 Å². The van der Waals surface area contributed by atoms with Gasteiger partial charge in [0.05, 0.1) is 5.88 Å². The van der Waals surface area contributed by atoms with Crippen molar-refractivity contribution < 1.29 is 27.5 Å². The Bertz CT molecular complexity index is 666. The highest BCUT2D eigenvalue weighted by Crippen LogP contribution is 2.25. The molecule has 8 nitrogen and oxygen atoms in total. The number of carboxylic acids is 1. The molecule has 1 aromatic heterocycles. The lowest BCUT2D eigenvalue weighted by Crippen LogP contribution is -2.41. The summed E-state index contributed by atoms with van der Waals surface area (Å²) >= 11 is 1.31. The van der Waals surface area contributed by atoms with Crippen molar-refractivity contribution in [2.24, 2.45) is 0 Å². The number of carbonyl (C=O) groups is 2. The molecule has 1 unspecified atom stereocenters. The molecule has 2 rings (SSSR count). The van der Waals surface area contributed by atoms with Crippen LogP contribution in [0.5, 0.6) is 0 Å². The Kier molecular flexibility index (Phi) is 4.30. The normalized spacial score (nSPS) is 19.2. The highest BCUT2D eigenvalue weighted by Gasteiger charge is 2.36. The minimum Gasteiger partial charge on any atom is -0.480 e. The molecule has 1 N–H and O–H groups in total. The quantitative estimate of drug-likeness (QED) is 0.833. The van der Waals surface area contributed by atoms with E-state index < -0.39 is 27.9 Å². The Morgan fingerprint density at radius 2 is 2.10 bits per heavy atom. The van der Waals surface area contributed by atoms with Gasteiger partial charge in [0.2, 0.25) is 5.09 Å². The van der Waals surface area contributed by atoms with E-state index in [2.05, 4.69) is 0 Å². The molecule has 0 radical (unpaired) electrons. The molecule has 21 heavy (non-hydrogen) atoms. The lowest BCUT2D eigenvalue weighted by molar-refractivity contribution is -0.140. The number of nitrogens with zero attached hydrogens (tertiary/aromatic N) is 2. The predicted octanol–water partition coefficient (Wildman–Crippen LogP) is 0.130. The van der Waals surface area contributed by atoms with E-state index >= 15 is 0 Å². The minimum absolute atomic E-state index is 0.191. The number of carbonyl (C=O) groups excluding carboxylic acids is 1. The van der Waals surface area contributed by atoms with Crippen LogP contribution in [0, 0.1) is 0 Å². The van der Waals surface area contributed by atoms with Crippen molar-refractivity contribution in [1.29, 1.82) is 0 Å². The summed E-state index contributed by atoms with van der Waals surface area (Å²) in [7, 11) is -1.08. The number of hydrogen-bond acceptors (Lipinski definition) is 6. The molecule has 0 aliphatic carbocycles. The first kappa shape index (κ1) is 15.9. The maximum absolute atomic E-state index is 12.2. The fourth-order valence-electron chi connectivity index (χ4n) is 1.74. The van der Waals surface area contributed by atoms with Crippen LogP contribution in [0.2, 0.25) is 0 Å². The highest BCUT2D eigenvalue weighted by molar-refractivity contribution is 7.99. The molecule has 0 spiro atoms. The van der Waals surface area contributed by atoms with E-state index in [9.17, 15) is 18.0 Å². The van der Waals surface area contributed by atoms with Gasteiger partial charge in [0.1, 0.15) is 6.04 Å². The summed E-state index contributed by atoms with van der Waals surface area (Å²) in [6.45, 7) is 0. The maximum Gasteiger partial charge on any atom is 0.327 e. The average molecular weight is 334 g/mol. The zero-order valence-corrected chi connectivity index (χ0v) is 13.0. The molecule has 1 atom stereocenters. The molecule has 1 saturated heterocycles. The van der Waals surface area contributed by atoms with Gasteiger partial charge < -0.3 is 14.4 Å². The maximum atomic E-state index is 12.2. The van der Waals surface area contributed by atoms with Crippen LogP contribution >= 0.6 is 11.8 Å². The summed E-state index contributed by atoms with van der Waals surface area (Å²) in [5.41, 5.74) is 0. The lowest BCUT2D eigenvalue weighted by atomic mass is 10.3. The second kappa shape index (κ2) is 5.70. The van der Waals surface area contributed by atoms with Crippen LogP contribution in [0.1, 0.15) is 10.6 Å². The van der Waals surface area contributed by atoms with Crippen molar-refractivity contribution in [2.75, 3.05) is 25.7 Å². The second-order valence-electron chi connectivity index (χ2n) is 4.53. The van der Waals surface area contributed by atoms with E-state index in [1.165, 1.54) is 38.0 Å². The largest absolute Gasteiger partial charge is 0.480 e. The van der Waals surface area contributed by atoms with Crippen molar-refractivity contribution in [3.63, 3.8) is 0 Å².